The Labute approximate surface area is 167 Å². The summed E-state index contributed by atoms with van der Waals surface area (Å²) in [7, 11) is 3.34. The first-order valence-electron chi connectivity index (χ1n) is 10.4. The van der Waals surface area contributed by atoms with Crippen molar-refractivity contribution in [3.63, 3.8) is 0 Å². The van der Waals surface area contributed by atoms with E-state index in [1.54, 1.807) is 14.2 Å². The zero-order valence-electron chi connectivity index (χ0n) is 17.3. The first-order chi connectivity index (χ1) is 13.5. The molecule has 1 unspecified atom stereocenters. The maximum absolute atomic E-state index is 13.2. The molecule has 1 atom stereocenters. The molecule has 1 spiro atoms. The molecule has 0 radical (unpaired) electrons. The van der Waals surface area contributed by atoms with Crippen molar-refractivity contribution in [3.8, 4) is 11.5 Å². The third-order valence-electron chi connectivity index (χ3n) is 6.82. The van der Waals surface area contributed by atoms with Gasteiger partial charge in [-0.3, -0.25) is 4.79 Å². The summed E-state index contributed by atoms with van der Waals surface area (Å²) in [5, 5.41) is 3.39. The average molecular weight is 389 g/mol. The molecular weight excluding hydrogens is 356 g/mol. The minimum Gasteiger partial charge on any atom is -0.493 e. The Bertz CT molecular complexity index is 734. The van der Waals surface area contributed by atoms with E-state index in [9.17, 15) is 4.79 Å². The summed E-state index contributed by atoms with van der Waals surface area (Å²) in [5.41, 5.74) is 1.88. The van der Waals surface area contributed by atoms with Crippen LogP contribution < -0.4 is 14.8 Å². The fourth-order valence-electron chi connectivity index (χ4n) is 5.09. The monoisotopic (exact) mass is 388 g/mol. The van der Waals surface area contributed by atoms with Gasteiger partial charge in [-0.2, -0.15) is 0 Å². The molecule has 2 saturated heterocycles. The number of likely N-dealkylation sites (tertiary alicyclic amines) is 1. The first-order valence-corrected chi connectivity index (χ1v) is 10.4. The standard InChI is InChI=1S/C22H32N2O4/c1-21(6-4-9-23-15-21)20(25)24-10-7-22(8-11-24)17-14-19(27-3)18(26-2)13-16(17)5-12-28-22/h13-14,23H,4-12,15H2,1-3H3. The Hall–Kier alpha value is -1.79. The maximum atomic E-state index is 13.2. The van der Waals surface area contributed by atoms with Crippen LogP contribution in [0.3, 0.4) is 0 Å². The summed E-state index contributed by atoms with van der Waals surface area (Å²) in [4.78, 5) is 15.2. The summed E-state index contributed by atoms with van der Waals surface area (Å²) in [6.45, 7) is 6.09. The van der Waals surface area contributed by atoms with Crippen molar-refractivity contribution in [2.45, 2.75) is 44.6 Å². The van der Waals surface area contributed by atoms with E-state index in [0.717, 1.165) is 69.8 Å². The molecule has 3 aliphatic heterocycles. The van der Waals surface area contributed by atoms with Crippen LogP contribution in [0.4, 0.5) is 0 Å². The van der Waals surface area contributed by atoms with Crippen LogP contribution in [-0.4, -0.2) is 57.8 Å². The summed E-state index contributed by atoms with van der Waals surface area (Å²) < 4.78 is 17.4. The molecule has 154 valence electrons. The summed E-state index contributed by atoms with van der Waals surface area (Å²) in [6.07, 6.45) is 4.56. The van der Waals surface area contributed by atoms with E-state index in [2.05, 4.69) is 29.3 Å². The number of piperidine rings is 2. The van der Waals surface area contributed by atoms with Crippen LogP contribution in [0.2, 0.25) is 0 Å². The highest BCUT2D eigenvalue weighted by atomic mass is 16.5. The molecule has 1 N–H and O–H groups in total. The van der Waals surface area contributed by atoms with Gasteiger partial charge >= 0.3 is 0 Å². The largest absolute Gasteiger partial charge is 0.493 e. The van der Waals surface area contributed by atoms with Crippen LogP contribution in [0.15, 0.2) is 12.1 Å². The number of rotatable bonds is 3. The SMILES string of the molecule is COc1cc2c(cc1OC)C1(CCN(C(=O)C3(C)CCCNC3)CC1)OCC2. The van der Waals surface area contributed by atoms with Crippen LogP contribution in [-0.2, 0) is 21.6 Å². The molecule has 3 heterocycles. The van der Waals surface area contributed by atoms with Gasteiger partial charge in [0.1, 0.15) is 0 Å². The number of carbonyl (C=O) groups excluding carboxylic acids is 1. The van der Waals surface area contributed by atoms with E-state index in [1.165, 1.54) is 11.1 Å². The second-order valence-electron chi connectivity index (χ2n) is 8.59. The fourth-order valence-corrected chi connectivity index (χ4v) is 5.09. The Morgan fingerprint density at radius 1 is 1.14 bits per heavy atom. The van der Waals surface area contributed by atoms with Gasteiger partial charge in [-0.05, 0) is 68.8 Å². The Kier molecular flexibility index (Phi) is 5.27. The van der Waals surface area contributed by atoms with Crippen LogP contribution in [0.5, 0.6) is 11.5 Å². The lowest BCUT2D eigenvalue weighted by atomic mass is 9.77. The quantitative estimate of drug-likeness (QED) is 0.862. The number of ether oxygens (including phenoxy) is 3. The average Bonchev–Trinajstić information content (AvgIpc) is 2.74. The molecule has 0 bridgehead atoms. The summed E-state index contributed by atoms with van der Waals surface area (Å²) in [6, 6.07) is 4.17. The van der Waals surface area contributed by atoms with Gasteiger partial charge in [-0.25, -0.2) is 0 Å². The highest BCUT2D eigenvalue weighted by Gasteiger charge is 2.45. The van der Waals surface area contributed by atoms with Gasteiger partial charge in [0.25, 0.3) is 0 Å². The van der Waals surface area contributed by atoms with Gasteiger partial charge in [0.2, 0.25) is 5.91 Å². The van der Waals surface area contributed by atoms with Gasteiger partial charge < -0.3 is 24.4 Å². The van der Waals surface area contributed by atoms with Crippen molar-refractivity contribution in [1.29, 1.82) is 0 Å². The minimum atomic E-state index is -0.324. The van der Waals surface area contributed by atoms with Crippen molar-refractivity contribution in [2.75, 3.05) is 47.0 Å². The predicted molar refractivity (Wildman–Crippen MR) is 107 cm³/mol. The van der Waals surface area contributed by atoms with E-state index < -0.39 is 0 Å². The molecule has 28 heavy (non-hydrogen) atoms. The van der Waals surface area contributed by atoms with Crippen LogP contribution in [0, 0.1) is 5.41 Å². The molecule has 1 aromatic rings. The normalized spacial score (nSPS) is 26.6. The van der Waals surface area contributed by atoms with Gasteiger partial charge in [-0.15, -0.1) is 0 Å². The number of nitrogens with zero attached hydrogens (tertiary/aromatic N) is 1. The molecule has 4 rings (SSSR count). The molecular formula is C22H32N2O4. The lowest BCUT2D eigenvalue weighted by molar-refractivity contribution is -0.151. The van der Waals surface area contributed by atoms with Gasteiger partial charge in [0.15, 0.2) is 11.5 Å². The van der Waals surface area contributed by atoms with E-state index in [4.69, 9.17) is 14.2 Å². The number of benzene rings is 1. The van der Waals surface area contributed by atoms with E-state index >= 15 is 0 Å². The van der Waals surface area contributed by atoms with Gasteiger partial charge in [0.05, 0.1) is 31.8 Å². The molecule has 1 amide bonds. The second-order valence-corrected chi connectivity index (χ2v) is 8.59. The predicted octanol–water partition coefficient (Wildman–Crippen LogP) is 2.48. The van der Waals surface area contributed by atoms with Crippen molar-refractivity contribution in [2.24, 2.45) is 5.41 Å². The highest BCUT2D eigenvalue weighted by Crippen LogP contribution is 2.45. The van der Waals surface area contributed by atoms with Crippen molar-refractivity contribution < 1.29 is 19.0 Å². The number of amides is 1. The molecule has 1 aromatic carbocycles. The smallest absolute Gasteiger partial charge is 0.229 e. The lowest BCUT2D eigenvalue weighted by Gasteiger charge is -2.47. The molecule has 0 aromatic heterocycles. The minimum absolute atomic E-state index is 0.273. The Balaban J connectivity index is 1.54. The molecule has 0 aliphatic carbocycles. The summed E-state index contributed by atoms with van der Waals surface area (Å²) in [5.74, 6) is 1.80. The number of nitrogens with one attached hydrogen (secondary N) is 1. The van der Waals surface area contributed by atoms with Crippen LogP contribution in [0.1, 0.15) is 43.7 Å². The van der Waals surface area contributed by atoms with E-state index in [-0.39, 0.29) is 16.9 Å². The van der Waals surface area contributed by atoms with Gasteiger partial charge in [-0.1, -0.05) is 0 Å². The second kappa shape index (κ2) is 7.56. The zero-order chi connectivity index (χ0) is 19.8. The number of hydrogen-bond acceptors (Lipinski definition) is 5. The number of carbonyl (C=O) groups is 1. The van der Waals surface area contributed by atoms with Crippen LogP contribution in [0.25, 0.3) is 0 Å². The maximum Gasteiger partial charge on any atom is 0.229 e. The number of fused-ring (bicyclic) bond motifs is 2. The lowest BCUT2D eigenvalue weighted by Crippen LogP contribution is -2.54. The third kappa shape index (κ3) is 3.26. The molecule has 6 nitrogen and oxygen atoms in total. The fraction of sp³-hybridized carbons (Fsp3) is 0.682. The van der Waals surface area contributed by atoms with Crippen molar-refractivity contribution >= 4 is 5.91 Å². The third-order valence-corrected chi connectivity index (χ3v) is 6.82. The van der Waals surface area contributed by atoms with Crippen molar-refractivity contribution in [3.05, 3.63) is 23.3 Å². The number of methoxy groups -OCH3 is 2. The van der Waals surface area contributed by atoms with Gasteiger partial charge in [0, 0.05) is 19.6 Å². The molecule has 0 saturated carbocycles. The van der Waals surface area contributed by atoms with Crippen LogP contribution >= 0.6 is 0 Å². The highest BCUT2D eigenvalue weighted by molar-refractivity contribution is 5.83. The molecule has 2 fully saturated rings. The van der Waals surface area contributed by atoms with E-state index in [1.807, 2.05) is 0 Å². The number of hydrogen-bond donors (Lipinski definition) is 1. The first kappa shape index (κ1) is 19.5. The topological polar surface area (TPSA) is 60.0 Å². The van der Waals surface area contributed by atoms with Crippen molar-refractivity contribution in [1.82, 2.24) is 10.2 Å². The van der Waals surface area contributed by atoms with E-state index in [0.29, 0.717) is 6.61 Å². The summed E-state index contributed by atoms with van der Waals surface area (Å²) >= 11 is 0. The molecule has 3 aliphatic rings. The Morgan fingerprint density at radius 3 is 2.50 bits per heavy atom. The Morgan fingerprint density at radius 2 is 1.86 bits per heavy atom. The molecule has 6 heteroatoms. The zero-order valence-corrected chi connectivity index (χ0v) is 17.3.